The van der Waals surface area contributed by atoms with E-state index in [0.29, 0.717) is 6.54 Å². The molecule has 0 spiro atoms. The largest absolute Gasteiger partial charge is 0.340 e. The van der Waals surface area contributed by atoms with Crippen LogP contribution in [-0.4, -0.2) is 17.9 Å². The molecule has 1 amide bonds. The number of nitrogens with two attached hydrogens (primary N) is 1. The van der Waals surface area contributed by atoms with E-state index in [-0.39, 0.29) is 5.91 Å². The molecular formula is C15H18N2OS. The average Bonchev–Trinajstić information content (AvgIpc) is 2.90. The molecule has 0 aliphatic rings. The van der Waals surface area contributed by atoms with E-state index in [9.17, 15) is 4.79 Å². The van der Waals surface area contributed by atoms with Crippen molar-refractivity contribution in [1.82, 2.24) is 4.90 Å². The van der Waals surface area contributed by atoms with Crippen molar-refractivity contribution in [2.24, 2.45) is 5.73 Å². The third-order valence-corrected chi connectivity index (χ3v) is 3.95. The highest BCUT2D eigenvalue weighted by molar-refractivity contribution is 7.10. The summed E-state index contributed by atoms with van der Waals surface area (Å²) in [6.45, 7) is 2.63. The Balaban J connectivity index is 2.03. The number of carbonyl (C=O) groups excluding carboxylic acids is 1. The number of benzene rings is 1. The number of carbonyl (C=O) groups is 1. The second kappa shape index (κ2) is 5.99. The van der Waals surface area contributed by atoms with E-state index in [2.05, 4.69) is 6.07 Å². The molecule has 3 nitrogen and oxygen atoms in total. The maximum absolute atomic E-state index is 12.2. The molecule has 0 saturated carbocycles. The highest BCUT2D eigenvalue weighted by Gasteiger charge is 2.20. The van der Waals surface area contributed by atoms with Gasteiger partial charge in [0.15, 0.2) is 0 Å². The SMILES string of the molecule is Cc1cccc(CN(C)C(=O)C(N)c2cccs2)c1. The zero-order valence-electron chi connectivity index (χ0n) is 11.2. The van der Waals surface area contributed by atoms with Crippen LogP contribution in [0.25, 0.3) is 0 Å². The number of hydrogen-bond donors (Lipinski definition) is 1. The molecule has 2 aromatic rings. The lowest BCUT2D eigenvalue weighted by Gasteiger charge is -2.21. The summed E-state index contributed by atoms with van der Waals surface area (Å²) in [5.74, 6) is -0.0519. The van der Waals surface area contributed by atoms with Crippen LogP contribution in [0, 0.1) is 6.92 Å². The highest BCUT2D eigenvalue weighted by Crippen LogP contribution is 2.19. The van der Waals surface area contributed by atoms with Gasteiger partial charge in [0, 0.05) is 18.5 Å². The summed E-state index contributed by atoms with van der Waals surface area (Å²) in [6.07, 6.45) is 0. The topological polar surface area (TPSA) is 46.3 Å². The summed E-state index contributed by atoms with van der Waals surface area (Å²) in [4.78, 5) is 14.8. The van der Waals surface area contributed by atoms with Crippen LogP contribution >= 0.6 is 11.3 Å². The molecule has 1 heterocycles. The molecule has 0 fully saturated rings. The first kappa shape index (κ1) is 13.8. The molecule has 19 heavy (non-hydrogen) atoms. The van der Waals surface area contributed by atoms with E-state index in [1.165, 1.54) is 16.9 Å². The Morgan fingerprint density at radius 1 is 1.37 bits per heavy atom. The number of nitrogens with zero attached hydrogens (tertiary/aromatic N) is 1. The maximum atomic E-state index is 12.2. The Kier molecular flexibility index (Phi) is 4.35. The quantitative estimate of drug-likeness (QED) is 0.931. The van der Waals surface area contributed by atoms with Gasteiger partial charge in [-0.3, -0.25) is 4.79 Å². The van der Waals surface area contributed by atoms with Crippen LogP contribution in [0.15, 0.2) is 41.8 Å². The van der Waals surface area contributed by atoms with Crippen molar-refractivity contribution in [3.05, 3.63) is 57.8 Å². The fourth-order valence-corrected chi connectivity index (χ4v) is 2.71. The molecule has 1 aromatic carbocycles. The second-order valence-electron chi connectivity index (χ2n) is 4.68. The lowest BCUT2D eigenvalue weighted by atomic mass is 10.1. The number of likely N-dealkylation sites (N-methyl/N-ethyl adjacent to an activating group) is 1. The third kappa shape index (κ3) is 3.43. The van der Waals surface area contributed by atoms with Crippen molar-refractivity contribution >= 4 is 17.2 Å². The fourth-order valence-electron chi connectivity index (χ4n) is 1.99. The van der Waals surface area contributed by atoms with Crippen LogP contribution in [0.2, 0.25) is 0 Å². The van der Waals surface area contributed by atoms with E-state index >= 15 is 0 Å². The van der Waals surface area contributed by atoms with Crippen LogP contribution in [0.5, 0.6) is 0 Å². The molecule has 0 radical (unpaired) electrons. The smallest absolute Gasteiger partial charge is 0.244 e. The Bertz CT molecular complexity index is 551. The standard InChI is InChI=1S/C15H18N2OS/c1-11-5-3-6-12(9-11)10-17(2)15(18)14(16)13-7-4-8-19-13/h3-9,14H,10,16H2,1-2H3. The van der Waals surface area contributed by atoms with Crippen molar-refractivity contribution in [1.29, 1.82) is 0 Å². The Morgan fingerprint density at radius 2 is 2.16 bits per heavy atom. The van der Waals surface area contributed by atoms with Crippen LogP contribution in [-0.2, 0) is 11.3 Å². The zero-order chi connectivity index (χ0) is 13.8. The normalized spacial score (nSPS) is 12.2. The van der Waals surface area contributed by atoms with Gasteiger partial charge < -0.3 is 10.6 Å². The summed E-state index contributed by atoms with van der Waals surface area (Å²) in [7, 11) is 1.79. The van der Waals surface area contributed by atoms with Crippen molar-refractivity contribution in [2.45, 2.75) is 19.5 Å². The van der Waals surface area contributed by atoms with Crippen molar-refractivity contribution in [3.63, 3.8) is 0 Å². The Morgan fingerprint density at radius 3 is 2.79 bits per heavy atom. The molecule has 1 unspecified atom stereocenters. The van der Waals surface area contributed by atoms with Gasteiger partial charge in [-0.25, -0.2) is 0 Å². The minimum absolute atomic E-state index is 0.0519. The molecule has 2 N–H and O–H groups in total. The van der Waals surface area contributed by atoms with Gasteiger partial charge in [-0.05, 0) is 23.9 Å². The number of amides is 1. The first-order valence-electron chi connectivity index (χ1n) is 6.17. The van der Waals surface area contributed by atoms with E-state index in [0.717, 1.165) is 10.4 Å². The van der Waals surface area contributed by atoms with Crippen molar-refractivity contribution < 1.29 is 4.79 Å². The van der Waals surface area contributed by atoms with Gasteiger partial charge in [0.2, 0.25) is 5.91 Å². The molecule has 1 aromatic heterocycles. The molecule has 2 rings (SSSR count). The summed E-state index contributed by atoms with van der Waals surface area (Å²) in [6, 6.07) is 11.4. The van der Waals surface area contributed by atoms with Gasteiger partial charge in [0.25, 0.3) is 0 Å². The molecule has 4 heteroatoms. The Labute approximate surface area is 117 Å². The Hall–Kier alpha value is -1.65. The lowest BCUT2D eigenvalue weighted by Crippen LogP contribution is -2.35. The first-order valence-corrected chi connectivity index (χ1v) is 7.05. The van der Waals surface area contributed by atoms with Crippen LogP contribution < -0.4 is 5.73 Å². The monoisotopic (exact) mass is 274 g/mol. The van der Waals surface area contributed by atoms with Gasteiger partial charge >= 0.3 is 0 Å². The van der Waals surface area contributed by atoms with E-state index < -0.39 is 6.04 Å². The van der Waals surface area contributed by atoms with E-state index in [1.54, 1.807) is 11.9 Å². The minimum Gasteiger partial charge on any atom is -0.340 e. The second-order valence-corrected chi connectivity index (χ2v) is 5.66. The number of rotatable bonds is 4. The molecule has 0 aliphatic carbocycles. The van der Waals surface area contributed by atoms with Gasteiger partial charge in [-0.1, -0.05) is 35.9 Å². The lowest BCUT2D eigenvalue weighted by molar-refractivity contribution is -0.131. The highest BCUT2D eigenvalue weighted by atomic mass is 32.1. The van der Waals surface area contributed by atoms with Gasteiger partial charge in [-0.2, -0.15) is 0 Å². The van der Waals surface area contributed by atoms with Crippen LogP contribution in [0.1, 0.15) is 22.0 Å². The fraction of sp³-hybridized carbons (Fsp3) is 0.267. The first-order chi connectivity index (χ1) is 9.08. The summed E-state index contributed by atoms with van der Waals surface area (Å²) < 4.78 is 0. The zero-order valence-corrected chi connectivity index (χ0v) is 12.0. The number of hydrogen-bond acceptors (Lipinski definition) is 3. The molecular weight excluding hydrogens is 256 g/mol. The summed E-state index contributed by atoms with van der Waals surface area (Å²) >= 11 is 1.51. The van der Waals surface area contributed by atoms with Gasteiger partial charge in [-0.15, -0.1) is 11.3 Å². The van der Waals surface area contributed by atoms with Crippen molar-refractivity contribution in [2.75, 3.05) is 7.05 Å². The number of aryl methyl sites for hydroxylation is 1. The average molecular weight is 274 g/mol. The molecule has 0 aliphatic heterocycles. The summed E-state index contributed by atoms with van der Waals surface area (Å²) in [5.41, 5.74) is 8.30. The molecule has 1 atom stereocenters. The maximum Gasteiger partial charge on any atom is 0.244 e. The van der Waals surface area contributed by atoms with E-state index in [1.807, 2.05) is 42.6 Å². The molecule has 0 bridgehead atoms. The molecule has 100 valence electrons. The van der Waals surface area contributed by atoms with Crippen LogP contribution in [0.3, 0.4) is 0 Å². The predicted octanol–water partition coefficient (Wildman–Crippen LogP) is 2.71. The summed E-state index contributed by atoms with van der Waals surface area (Å²) in [5, 5.41) is 1.93. The van der Waals surface area contributed by atoms with Gasteiger partial charge in [0.1, 0.15) is 6.04 Å². The van der Waals surface area contributed by atoms with E-state index in [4.69, 9.17) is 5.73 Å². The number of thiophene rings is 1. The minimum atomic E-state index is -0.560. The third-order valence-electron chi connectivity index (χ3n) is 2.99. The molecule has 0 saturated heterocycles. The van der Waals surface area contributed by atoms with Crippen LogP contribution in [0.4, 0.5) is 0 Å². The van der Waals surface area contributed by atoms with Gasteiger partial charge in [0.05, 0.1) is 0 Å². The predicted molar refractivity (Wildman–Crippen MR) is 78.9 cm³/mol. The van der Waals surface area contributed by atoms with Crippen molar-refractivity contribution in [3.8, 4) is 0 Å².